The van der Waals surface area contributed by atoms with Crippen LogP contribution >= 0.6 is 23.4 Å². The Kier molecular flexibility index (Phi) is 5.17. The van der Waals surface area contributed by atoms with E-state index in [2.05, 4.69) is 18.3 Å². The van der Waals surface area contributed by atoms with Gasteiger partial charge in [-0.05, 0) is 37.3 Å². The SMILES string of the molecule is CC(NCCSc1cccc(Cl)c1)c1ccco1. The lowest BCUT2D eigenvalue weighted by molar-refractivity contribution is 0.438. The highest BCUT2D eigenvalue weighted by Gasteiger charge is 2.06. The van der Waals surface area contributed by atoms with E-state index in [-0.39, 0.29) is 6.04 Å². The Bertz CT molecular complexity index is 472. The summed E-state index contributed by atoms with van der Waals surface area (Å²) in [4.78, 5) is 1.20. The smallest absolute Gasteiger partial charge is 0.120 e. The molecule has 1 atom stereocenters. The van der Waals surface area contributed by atoms with Gasteiger partial charge in [-0.3, -0.25) is 0 Å². The molecule has 0 saturated heterocycles. The number of hydrogen-bond donors (Lipinski definition) is 1. The third-order valence-corrected chi connectivity index (χ3v) is 3.82. The van der Waals surface area contributed by atoms with Crippen molar-refractivity contribution < 1.29 is 4.42 Å². The summed E-state index contributed by atoms with van der Waals surface area (Å²) >= 11 is 7.73. The van der Waals surface area contributed by atoms with E-state index in [1.54, 1.807) is 18.0 Å². The second kappa shape index (κ2) is 6.88. The van der Waals surface area contributed by atoms with Crippen molar-refractivity contribution in [1.82, 2.24) is 5.32 Å². The number of nitrogens with one attached hydrogen (secondary N) is 1. The van der Waals surface area contributed by atoms with Gasteiger partial charge in [-0.25, -0.2) is 0 Å². The van der Waals surface area contributed by atoms with E-state index in [4.69, 9.17) is 16.0 Å². The van der Waals surface area contributed by atoms with Gasteiger partial charge in [0, 0.05) is 22.2 Å². The zero-order chi connectivity index (χ0) is 12.8. The number of hydrogen-bond acceptors (Lipinski definition) is 3. The second-order valence-electron chi connectivity index (χ2n) is 4.00. The molecule has 2 nitrogen and oxygen atoms in total. The van der Waals surface area contributed by atoms with Gasteiger partial charge in [-0.15, -0.1) is 11.8 Å². The molecule has 96 valence electrons. The van der Waals surface area contributed by atoms with Crippen molar-refractivity contribution in [2.75, 3.05) is 12.3 Å². The fourth-order valence-electron chi connectivity index (χ4n) is 1.64. The quantitative estimate of drug-likeness (QED) is 0.628. The van der Waals surface area contributed by atoms with Crippen LogP contribution in [0, 0.1) is 0 Å². The molecule has 1 aromatic heterocycles. The average molecular weight is 282 g/mol. The summed E-state index contributed by atoms with van der Waals surface area (Å²) < 4.78 is 5.34. The van der Waals surface area contributed by atoms with E-state index < -0.39 is 0 Å². The fraction of sp³-hybridized carbons (Fsp3) is 0.286. The van der Waals surface area contributed by atoms with Crippen LogP contribution in [-0.2, 0) is 0 Å². The lowest BCUT2D eigenvalue weighted by Gasteiger charge is -2.10. The molecular formula is C14H16ClNOS. The lowest BCUT2D eigenvalue weighted by atomic mass is 10.2. The van der Waals surface area contributed by atoms with Crippen molar-refractivity contribution in [2.24, 2.45) is 0 Å². The van der Waals surface area contributed by atoms with Crippen LogP contribution in [0.4, 0.5) is 0 Å². The number of thioether (sulfide) groups is 1. The number of benzene rings is 1. The standard InChI is InChI=1S/C14H16ClNOS/c1-11(14-6-3-8-17-14)16-7-9-18-13-5-2-4-12(15)10-13/h2-6,8,10-11,16H,7,9H2,1H3. The minimum atomic E-state index is 0.250. The van der Waals surface area contributed by atoms with E-state index in [1.165, 1.54) is 4.90 Å². The van der Waals surface area contributed by atoms with Gasteiger partial charge in [-0.2, -0.15) is 0 Å². The monoisotopic (exact) mass is 281 g/mol. The first kappa shape index (κ1) is 13.5. The van der Waals surface area contributed by atoms with E-state index in [1.807, 2.05) is 30.3 Å². The third-order valence-electron chi connectivity index (χ3n) is 2.59. The normalized spacial score (nSPS) is 12.6. The Morgan fingerprint density at radius 3 is 2.94 bits per heavy atom. The van der Waals surface area contributed by atoms with Gasteiger partial charge in [0.15, 0.2) is 0 Å². The molecule has 0 fully saturated rings. The molecule has 0 aliphatic carbocycles. The molecule has 0 amide bonds. The lowest BCUT2D eigenvalue weighted by Crippen LogP contribution is -2.20. The van der Waals surface area contributed by atoms with E-state index in [0.29, 0.717) is 0 Å². The Morgan fingerprint density at radius 1 is 1.33 bits per heavy atom. The van der Waals surface area contributed by atoms with Gasteiger partial charge in [0.2, 0.25) is 0 Å². The predicted molar refractivity (Wildman–Crippen MR) is 77.3 cm³/mol. The number of rotatable bonds is 6. The molecule has 4 heteroatoms. The van der Waals surface area contributed by atoms with Crippen molar-refractivity contribution in [3.05, 3.63) is 53.4 Å². The third kappa shape index (κ3) is 4.09. The Morgan fingerprint density at radius 2 is 2.22 bits per heavy atom. The maximum Gasteiger partial charge on any atom is 0.120 e. The second-order valence-corrected chi connectivity index (χ2v) is 5.60. The van der Waals surface area contributed by atoms with Crippen LogP contribution in [0.15, 0.2) is 52.0 Å². The summed E-state index contributed by atoms with van der Waals surface area (Å²) in [6.45, 7) is 3.03. The molecule has 0 aliphatic heterocycles. The topological polar surface area (TPSA) is 25.2 Å². The van der Waals surface area contributed by atoms with Crippen LogP contribution in [0.3, 0.4) is 0 Å². The Balaban J connectivity index is 1.70. The molecule has 2 rings (SSSR count). The summed E-state index contributed by atoms with van der Waals surface area (Å²) in [5.74, 6) is 1.98. The molecule has 1 heterocycles. The maximum absolute atomic E-state index is 5.93. The van der Waals surface area contributed by atoms with Crippen LogP contribution in [0.1, 0.15) is 18.7 Å². The van der Waals surface area contributed by atoms with Gasteiger partial charge >= 0.3 is 0 Å². The predicted octanol–water partition coefficient (Wildman–Crippen LogP) is 4.38. The van der Waals surface area contributed by atoms with E-state index in [0.717, 1.165) is 23.1 Å². The maximum atomic E-state index is 5.93. The first-order valence-electron chi connectivity index (χ1n) is 5.91. The molecule has 0 saturated carbocycles. The Hall–Kier alpha value is -0.900. The van der Waals surface area contributed by atoms with Crippen molar-refractivity contribution >= 4 is 23.4 Å². The van der Waals surface area contributed by atoms with Crippen molar-refractivity contribution in [2.45, 2.75) is 17.9 Å². The van der Waals surface area contributed by atoms with Crippen LogP contribution in [0.5, 0.6) is 0 Å². The van der Waals surface area contributed by atoms with Gasteiger partial charge in [-0.1, -0.05) is 17.7 Å². The van der Waals surface area contributed by atoms with Gasteiger partial charge < -0.3 is 9.73 Å². The first-order chi connectivity index (χ1) is 8.75. The van der Waals surface area contributed by atoms with Crippen LogP contribution in [-0.4, -0.2) is 12.3 Å². The van der Waals surface area contributed by atoms with Crippen LogP contribution in [0.25, 0.3) is 0 Å². The Labute approximate surface area is 117 Å². The molecule has 1 N–H and O–H groups in total. The summed E-state index contributed by atoms with van der Waals surface area (Å²) in [6.07, 6.45) is 1.70. The zero-order valence-electron chi connectivity index (χ0n) is 10.2. The van der Waals surface area contributed by atoms with E-state index >= 15 is 0 Å². The van der Waals surface area contributed by atoms with Crippen molar-refractivity contribution in [3.8, 4) is 0 Å². The average Bonchev–Trinajstić information content (AvgIpc) is 2.88. The van der Waals surface area contributed by atoms with Crippen LogP contribution < -0.4 is 5.32 Å². The summed E-state index contributed by atoms with van der Waals surface area (Å²) in [6, 6.07) is 12.1. The van der Waals surface area contributed by atoms with Gasteiger partial charge in [0.25, 0.3) is 0 Å². The molecule has 18 heavy (non-hydrogen) atoms. The summed E-state index contributed by atoms with van der Waals surface area (Å²) in [7, 11) is 0. The number of furan rings is 1. The molecule has 1 aromatic carbocycles. The molecule has 0 bridgehead atoms. The van der Waals surface area contributed by atoms with Crippen molar-refractivity contribution in [3.63, 3.8) is 0 Å². The van der Waals surface area contributed by atoms with Crippen molar-refractivity contribution in [1.29, 1.82) is 0 Å². The summed E-state index contributed by atoms with van der Waals surface area (Å²) in [5.41, 5.74) is 0. The van der Waals surface area contributed by atoms with Crippen LogP contribution in [0.2, 0.25) is 5.02 Å². The minimum absolute atomic E-state index is 0.250. The minimum Gasteiger partial charge on any atom is -0.468 e. The zero-order valence-corrected chi connectivity index (χ0v) is 11.8. The number of halogens is 1. The molecule has 0 aliphatic rings. The summed E-state index contributed by atoms with van der Waals surface area (Å²) in [5, 5.41) is 4.21. The van der Waals surface area contributed by atoms with Gasteiger partial charge in [0.1, 0.15) is 5.76 Å². The molecule has 2 aromatic rings. The fourth-order valence-corrected chi connectivity index (χ4v) is 2.74. The van der Waals surface area contributed by atoms with E-state index in [9.17, 15) is 0 Å². The molecule has 1 unspecified atom stereocenters. The van der Waals surface area contributed by atoms with Gasteiger partial charge in [0.05, 0.1) is 12.3 Å². The molecule has 0 spiro atoms. The highest BCUT2D eigenvalue weighted by atomic mass is 35.5. The highest BCUT2D eigenvalue weighted by molar-refractivity contribution is 7.99. The highest BCUT2D eigenvalue weighted by Crippen LogP contribution is 2.21. The molecule has 0 radical (unpaired) electrons. The first-order valence-corrected chi connectivity index (χ1v) is 7.27. The largest absolute Gasteiger partial charge is 0.468 e. The molecular weight excluding hydrogens is 266 g/mol.